The van der Waals surface area contributed by atoms with E-state index in [4.69, 9.17) is 4.42 Å². The minimum Gasteiger partial charge on any atom is -0.404 e. The molecule has 3 heterocycles. The van der Waals surface area contributed by atoms with E-state index < -0.39 is 58.4 Å². The number of para-hydroxylation sites is 1. The molecule has 1 saturated carbocycles. The zero-order valence-electron chi connectivity index (χ0n) is 21.1. The van der Waals surface area contributed by atoms with Gasteiger partial charge in [0.2, 0.25) is 17.7 Å². The van der Waals surface area contributed by atoms with Crippen LogP contribution in [-0.2, 0) is 21.4 Å². The molecular formula is C27H25N5O7. The maximum atomic E-state index is 13.5. The van der Waals surface area contributed by atoms with E-state index in [1.54, 1.807) is 42.9 Å². The Bertz CT molecular complexity index is 1580. The van der Waals surface area contributed by atoms with Crippen molar-refractivity contribution in [3.05, 3.63) is 86.5 Å². The molecule has 5 atom stereocenters. The van der Waals surface area contributed by atoms with E-state index in [1.165, 1.54) is 10.7 Å². The Morgan fingerprint density at radius 1 is 1.08 bits per heavy atom. The molecular weight excluding hydrogens is 506 g/mol. The van der Waals surface area contributed by atoms with E-state index in [1.807, 2.05) is 18.2 Å². The van der Waals surface area contributed by atoms with Crippen LogP contribution in [-0.4, -0.2) is 36.9 Å². The van der Waals surface area contributed by atoms with Gasteiger partial charge in [-0.2, -0.15) is 0 Å². The monoisotopic (exact) mass is 531 g/mol. The first-order valence-electron chi connectivity index (χ1n) is 12.6. The molecule has 3 aromatic rings. The van der Waals surface area contributed by atoms with Crippen LogP contribution in [0.1, 0.15) is 30.3 Å². The normalized spacial score (nSPS) is 23.9. The number of amides is 3. The molecule has 3 amide bonds. The zero-order valence-corrected chi connectivity index (χ0v) is 21.1. The Kier molecular flexibility index (Phi) is 5.63. The van der Waals surface area contributed by atoms with E-state index in [-0.39, 0.29) is 23.3 Å². The molecule has 12 heteroatoms. The predicted octanol–water partition coefficient (Wildman–Crippen LogP) is 2.86. The van der Waals surface area contributed by atoms with Crippen molar-refractivity contribution in [2.24, 2.45) is 30.7 Å². The summed E-state index contributed by atoms with van der Waals surface area (Å²) in [7, 11) is 1.69. The van der Waals surface area contributed by atoms with Crippen molar-refractivity contribution in [3.8, 4) is 5.69 Å². The Labute approximate surface area is 221 Å². The third kappa shape index (κ3) is 3.74. The van der Waals surface area contributed by atoms with Crippen LogP contribution in [0.15, 0.2) is 63.8 Å². The summed E-state index contributed by atoms with van der Waals surface area (Å²) in [6, 6.07) is 10.1. The molecule has 39 heavy (non-hydrogen) atoms. The minimum atomic E-state index is -1.20. The first-order valence-corrected chi connectivity index (χ1v) is 12.6. The number of nitrogens with zero attached hydrogens (tertiary/aromatic N) is 4. The van der Waals surface area contributed by atoms with Crippen LogP contribution in [0.25, 0.3) is 5.69 Å². The molecule has 1 N–H and O–H groups in total. The molecule has 2 aliphatic carbocycles. The summed E-state index contributed by atoms with van der Waals surface area (Å²) in [5.74, 6) is -3.23. The molecule has 200 valence electrons. The first-order chi connectivity index (χ1) is 18.7. The number of carbonyl (C=O) groups excluding carboxylic acids is 3. The van der Waals surface area contributed by atoms with Crippen molar-refractivity contribution in [1.82, 2.24) is 14.3 Å². The largest absolute Gasteiger partial charge is 0.433 e. The number of furan rings is 1. The molecule has 1 aliphatic heterocycles. The highest BCUT2D eigenvalue weighted by atomic mass is 16.6. The second-order valence-corrected chi connectivity index (χ2v) is 10.2. The zero-order chi connectivity index (χ0) is 27.6. The SMILES string of the molecule is Cc1c(NC(=O)CC(c2ccc([N+](=O)[O-])o2)N2C(=O)C3C4C=CC(C4)C3C2=O)c(=O)n(-c2ccccc2)n1C. The number of nitro groups is 1. The van der Waals surface area contributed by atoms with E-state index >= 15 is 0 Å². The van der Waals surface area contributed by atoms with Crippen molar-refractivity contribution >= 4 is 29.3 Å². The molecule has 3 aliphatic rings. The molecule has 2 bridgehead atoms. The van der Waals surface area contributed by atoms with Crippen molar-refractivity contribution in [2.45, 2.75) is 25.8 Å². The molecule has 5 unspecified atom stereocenters. The van der Waals surface area contributed by atoms with Crippen LogP contribution in [0.5, 0.6) is 0 Å². The molecule has 0 radical (unpaired) electrons. The van der Waals surface area contributed by atoms with Gasteiger partial charge in [-0.05, 0) is 43.4 Å². The lowest BCUT2D eigenvalue weighted by Crippen LogP contribution is -2.38. The van der Waals surface area contributed by atoms with Crippen molar-refractivity contribution in [3.63, 3.8) is 0 Å². The van der Waals surface area contributed by atoms with Gasteiger partial charge in [-0.25, -0.2) is 4.68 Å². The van der Waals surface area contributed by atoms with Crippen LogP contribution in [0.2, 0.25) is 0 Å². The second kappa shape index (κ2) is 8.93. The number of aromatic nitrogens is 2. The number of nitrogens with one attached hydrogen (secondary N) is 1. The lowest BCUT2D eigenvalue weighted by atomic mass is 9.85. The van der Waals surface area contributed by atoms with Crippen LogP contribution in [0, 0.1) is 40.7 Å². The van der Waals surface area contributed by atoms with E-state index in [2.05, 4.69) is 5.32 Å². The Morgan fingerprint density at radius 3 is 2.31 bits per heavy atom. The molecule has 1 aromatic carbocycles. The molecule has 2 fully saturated rings. The van der Waals surface area contributed by atoms with Crippen LogP contribution in [0.3, 0.4) is 0 Å². The van der Waals surface area contributed by atoms with E-state index in [0.717, 1.165) is 17.4 Å². The van der Waals surface area contributed by atoms with E-state index in [9.17, 15) is 29.3 Å². The summed E-state index contributed by atoms with van der Waals surface area (Å²) in [5, 5.41) is 13.9. The number of likely N-dealkylation sites (tertiary alicyclic amines) is 1. The maximum Gasteiger partial charge on any atom is 0.433 e. The average Bonchev–Trinajstić information content (AvgIpc) is 3.73. The minimum absolute atomic E-state index is 0.0497. The lowest BCUT2D eigenvalue weighted by molar-refractivity contribution is -0.402. The topological polar surface area (TPSA) is 150 Å². The molecule has 1 saturated heterocycles. The van der Waals surface area contributed by atoms with Crippen molar-refractivity contribution in [1.29, 1.82) is 0 Å². The fourth-order valence-electron chi connectivity index (χ4n) is 6.25. The van der Waals surface area contributed by atoms with Gasteiger partial charge in [0.05, 0.1) is 35.7 Å². The van der Waals surface area contributed by atoms with Crippen LogP contribution < -0.4 is 10.9 Å². The summed E-state index contributed by atoms with van der Waals surface area (Å²) >= 11 is 0. The highest BCUT2D eigenvalue weighted by Gasteiger charge is 2.61. The number of allylic oxidation sites excluding steroid dienone is 2. The molecule has 6 rings (SSSR count). The fourth-order valence-corrected chi connectivity index (χ4v) is 6.25. The van der Waals surface area contributed by atoms with Gasteiger partial charge in [0.1, 0.15) is 22.4 Å². The lowest BCUT2D eigenvalue weighted by Gasteiger charge is -2.25. The van der Waals surface area contributed by atoms with Crippen molar-refractivity contribution in [2.75, 3.05) is 5.32 Å². The van der Waals surface area contributed by atoms with Gasteiger partial charge in [-0.15, -0.1) is 0 Å². The van der Waals surface area contributed by atoms with Gasteiger partial charge >= 0.3 is 5.88 Å². The third-order valence-electron chi connectivity index (χ3n) is 8.13. The summed E-state index contributed by atoms with van der Waals surface area (Å²) in [6.07, 6.45) is 4.20. The van der Waals surface area contributed by atoms with Gasteiger partial charge in [0.15, 0.2) is 0 Å². The number of imide groups is 1. The van der Waals surface area contributed by atoms with E-state index in [0.29, 0.717) is 11.4 Å². The number of hydrogen-bond donors (Lipinski definition) is 1. The predicted molar refractivity (Wildman–Crippen MR) is 137 cm³/mol. The highest BCUT2D eigenvalue weighted by Crippen LogP contribution is 2.54. The van der Waals surface area contributed by atoms with Gasteiger partial charge in [0.25, 0.3) is 5.56 Å². The maximum absolute atomic E-state index is 13.5. The first kappa shape index (κ1) is 24.6. The quantitative estimate of drug-likeness (QED) is 0.213. The highest BCUT2D eigenvalue weighted by molar-refractivity contribution is 6.07. The van der Waals surface area contributed by atoms with Crippen LogP contribution in [0.4, 0.5) is 11.6 Å². The number of rotatable bonds is 7. The average molecular weight is 532 g/mol. The van der Waals surface area contributed by atoms with Gasteiger partial charge in [0, 0.05) is 7.05 Å². The summed E-state index contributed by atoms with van der Waals surface area (Å²) < 4.78 is 8.40. The second-order valence-electron chi connectivity index (χ2n) is 10.2. The fraction of sp³-hybridized carbons (Fsp3) is 0.333. The molecule has 0 spiro atoms. The number of anilines is 1. The number of fused-ring (bicyclic) bond motifs is 5. The standard InChI is InChI=1S/C27H25N5O7/c1-14-24(27(36)31(29(14)2)17-6-4-3-5-7-17)28-20(33)13-18(19-10-11-21(39-19)32(37)38)30-25(34)22-15-8-9-16(12-15)23(22)26(30)35/h3-11,15-16,18,22-23H,12-13H2,1-2H3,(H,28,33). The van der Waals surface area contributed by atoms with Crippen LogP contribution >= 0.6 is 0 Å². The molecule has 2 aromatic heterocycles. The smallest absolute Gasteiger partial charge is 0.404 e. The summed E-state index contributed by atoms with van der Waals surface area (Å²) in [6.45, 7) is 1.68. The number of carbonyl (C=O) groups is 3. The van der Waals surface area contributed by atoms with Gasteiger partial charge < -0.3 is 9.73 Å². The Hall–Kier alpha value is -4.74. The third-order valence-corrected chi connectivity index (χ3v) is 8.13. The summed E-state index contributed by atoms with van der Waals surface area (Å²) in [4.78, 5) is 65.2. The Morgan fingerprint density at radius 2 is 1.72 bits per heavy atom. The van der Waals surface area contributed by atoms with Gasteiger partial charge in [-0.1, -0.05) is 30.4 Å². The molecule has 12 nitrogen and oxygen atoms in total. The van der Waals surface area contributed by atoms with Crippen molar-refractivity contribution < 1.29 is 23.7 Å². The summed E-state index contributed by atoms with van der Waals surface area (Å²) in [5.41, 5.74) is 0.698. The number of benzene rings is 1. The van der Waals surface area contributed by atoms with Gasteiger partial charge in [-0.3, -0.25) is 38.9 Å². The Balaban J connectivity index is 1.32. The number of hydrogen-bond acceptors (Lipinski definition) is 7.